The monoisotopic (exact) mass is 349 g/mol. The minimum absolute atomic E-state index is 0.794. The second-order valence-corrected chi connectivity index (χ2v) is 5.86. The first-order valence-electron chi connectivity index (χ1n) is 9.61. The normalized spacial score (nSPS) is 11.4. The van der Waals surface area contributed by atoms with Gasteiger partial charge in [-0.05, 0) is 44.7 Å². The van der Waals surface area contributed by atoms with E-state index in [1.807, 2.05) is 18.2 Å². The number of hydrogen-bond donors (Lipinski definition) is 3. The van der Waals surface area contributed by atoms with E-state index in [2.05, 4.69) is 39.8 Å². The van der Waals surface area contributed by atoms with Gasteiger partial charge in [0.05, 0.1) is 0 Å². The summed E-state index contributed by atoms with van der Waals surface area (Å²) in [6, 6.07) is 5.90. The summed E-state index contributed by atoms with van der Waals surface area (Å²) in [5.41, 5.74) is 0. The van der Waals surface area contributed by atoms with Crippen LogP contribution < -0.4 is 16.0 Å². The van der Waals surface area contributed by atoms with Crippen molar-refractivity contribution in [2.24, 2.45) is 4.99 Å². The van der Waals surface area contributed by atoms with Crippen molar-refractivity contribution in [1.82, 2.24) is 15.6 Å². The van der Waals surface area contributed by atoms with Crippen LogP contribution in [0.2, 0.25) is 0 Å². The van der Waals surface area contributed by atoms with Gasteiger partial charge in [0.1, 0.15) is 5.82 Å². The number of anilines is 1. The fourth-order valence-corrected chi connectivity index (χ4v) is 2.19. The molecule has 25 heavy (non-hydrogen) atoms. The lowest BCUT2D eigenvalue weighted by atomic mass is 10.3. The molecule has 0 saturated heterocycles. The summed E-state index contributed by atoms with van der Waals surface area (Å²) in [4.78, 5) is 8.83. The Morgan fingerprint density at radius 3 is 2.64 bits per heavy atom. The van der Waals surface area contributed by atoms with E-state index < -0.39 is 0 Å². The van der Waals surface area contributed by atoms with Crippen LogP contribution in [0.1, 0.15) is 46.0 Å². The van der Waals surface area contributed by atoms with Crippen molar-refractivity contribution >= 4 is 11.8 Å². The van der Waals surface area contributed by atoms with Crippen molar-refractivity contribution in [3.63, 3.8) is 0 Å². The van der Waals surface area contributed by atoms with Gasteiger partial charge < -0.3 is 20.7 Å². The number of rotatable bonds is 14. The number of nitrogens with one attached hydrogen (secondary N) is 3. The number of guanidine groups is 1. The number of unbranched alkanes of at least 4 members (excludes halogenated alkanes) is 2. The molecule has 6 heteroatoms. The summed E-state index contributed by atoms with van der Waals surface area (Å²) < 4.78 is 5.56. The van der Waals surface area contributed by atoms with Gasteiger partial charge in [0.25, 0.3) is 0 Å². The van der Waals surface area contributed by atoms with E-state index in [1.54, 1.807) is 6.20 Å². The van der Waals surface area contributed by atoms with E-state index >= 15 is 0 Å². The largest absolute Gasteiger partial charge is 0.381 e. The van der Waals surface area contributed by atoms with Crippen LogP contribution in [0.25, 0.3) is 0 Å². The second-order valence-electron chi connectivity index (χ2n) is 5.86. The molecule has 0 aliphatic heterocycles. The van der Waals surface area contributed by atoms with Crippen LogP contribution in [-0.2, 0) is 4.74 Å². The fraction of sp³-hybridized carbons (Fsp3) is 0.684. The van der Waals surface area contributed by atoms with E-state index in [1.165, 1.54) is 6.42 Å². The topological polar surface area (TPSA) is 70.6 Å². The average molecular weight is 350 g/mol. The molecule has 0 unspecified atom stereocenters. The summed E-state index contributed by atoms with van der Waals surface area (Å²) in [6.45, 7) is 9.44. The lowest BCUT2D eigenvalue weighted by molar-refractivity contribution is 0.130. The van der Waals surface area contributed by atoms with Crippen molar-refractivity contribution in [3.05, 3.63) is 24.4 Å². The summed E-state index contributed by atoms with van der Waals surface area (Å²) >= 11 is 0. The highest BCUT2D eigenvalue weighted by molar-refractivity contribution is 5.79. The standard InChI is InChI=1S/C19H35N5O/c1-3-5-16-25-17-10-15-24-19(20-4-2)23-14-9-8-13-22-18-11-6-7-12-21-18/h6-7,11-12H,3-5,8-10,13-17H2,1-2H3,(H,21,22)(H2,20,23,24). The molecule has 0 spiro atoms. The van der Waals surface area contributed by atoms with Crippen molar-refractivity contribution in [2.45, 2.75) is 46.0 Å². The molecule has 0 saturated carbocycles. The van der Waals surface area contributed by atoms with Gasteiger partial charge in [0.2, 0.25) is 0 Å². The second kappa shape index (κ2) is 15.7. The highest BCUT2D eigenvalue weighted by atomic mass is 16.5. The van der Waals surface area contributed by atoms with Crippen molar-refractivity contribution < 1.29 is 4.74 Å². The Labute approximate surface area is 152 Å². The Kier molecular flexibility index (Phi) is 13.3. The first kappa shape index (κ1) is 21.2. The molecule has 1 aromatic heterocycles. The third-order valence-electron chi connectivity index (χ3n) is 3.57. The number of pyridine rings is 1. The van der Waals surface area contributed by atoms with Gasteiger partial charge in [-0.1, -0.05) is 19.4 Å². The zero-order chi connectivity index (χ0) is 18.0. The van der Waals surface area contributed by atoms with Gasteiger partial charge >= 0.3 is 0 Å². The van der Waals surface area contributed by atoms with Gasteiger partial charge in [-0.15, -0.1) is 0 Å². The number of nitrogens with zero attached hydrogens (tertiary/aromatic N) is 2. The molecular weight excluding hydrogens is 314 g/mol. The number of aromatic nitrogens is 1. The quantitative estimate of drug-likeness (QED) is 0.274. The molecule has 0 aromatic carbocycles. The third-order valence-corrected chi connectivity index (χ3v) is 3.57. The van der Waals surface area contributed by atoms with Crippen molar-refractivity contribution in [1.29, 1.82) is 0 Å². The molecular formula is C19H35N5O. The van der Waals surface area contributed by atoms with Gasteiger partial charge in [0.15, 0.2) is 5.96 Å². The lowest BCUT2D eigenvalue weighted by Gasteiger charge is -2.11. The molecule has 6 nitrogen and oxygen atoms in total. The molecule has 0 radical (unpaired) electrons. The number of ether oxygens (including phenoxy) is 1. The Bertz CT molecular complexity index is 439. The van der Waals surface area contributed by atoms with Crippen LogP contribution >= 0.6 is 0 Å². The van der Waals surface area contributed by atoms with Crippen molar-refractivity contribution in [3.8, 4) is 0 Å². The SMILES string of the molecule is CCCCOCCCN=C(NCC)NCCCCNc1ccccn1. The molecule has 0 amide bonds. The molecule has 1 heterocycles. The smallest absolute Gasteiger partial charge is 0.191 e. The minimum atomic E-state index is 0.794. The maximum Gasteiger partial charge on any atom is 0.191 e. The zero-order valence-corrected chi connectivity index (χ0v) is 15.9. The Balaban J connectivity index is 2.06. The van der Waals surface area contributed by atoms with Gasteiger partial charge in [-0.2, -0.15) is 0 Å². The van der Waals surface area contributed by atoms with Crippen LogP contribution in [0.15, 0.2) is 29.4 Å². The highest BCUT2D eigenvalue weighted by Gasteiger charge is 1.97. The molecule has 1 rings (SSSR count). The van der Waals surface area contributed by atoms with Crippen LogP contribution in [0, 0.1) is 0 Å². The van der Waals surface area contributed by atoms with E-state index in [9.17, 15) is 0 Å². The molecule has 3 N–H and O–H groups in total. The van der Waals surface area contributed by atoms with Crippen molar-refractivity contribution in [2.75, 3.05) is 44.7 Å². The van der Waals surface area contributed by atoms with Gasteiger partial charge in [0, 0.05) is 45.6 Å². The van der Waals surface area contributed by atoms with E-state index in [0.29, 0.717) is 0 Å². The highest BCUT2D eigenvalue weighted by Crippen LogP contribution is 2.00. The molecule has 1 aromatic rings. The lowest BCUT2D eigenvalue weighted by Crippen LogP contribution is -2.38. The first-order chi connectivity index (χ1) is 12.4. The Morgan fingerprint density at radius 2 is 1.88 bits per heavy atom. The zero-order valence-electron chi connectivity index (χ0n) is 15.9. The number of aliphatic imine (C=N–C) groups is 1. The van der Waals surface area contributed by atoms with Crippen LogP contribution in [0.3, 0.4) is 0 Å². The molecule has 0 aliphatic carbocycles. The summed E-state index contributed by atoms with van der Waals surface area (Å²) in [5.74, 6) is 1.83. The van der Waals surface area contributed by atoms with Crippen LogP contribution in [0.4, 0.5) is 5.82 Å². The average Bonchev–Trinajstić information content (AvgIpc) is 2.64. The maximum atomic E-state index is 5.56. The van der Waals surface area contributed by atoms with Crippen LogP contribution in [-0.4, -0.2) is 50.3 Å². The first-order valence-corrected chi connectivity index (χ1v) is 9.61. The molecule has 0 bridgehead atoms. The summed E-state index contributed by atoms with van der Waals surface area (Å²) in [5, 5.41) is 9.99. The number of hydrogen-bond acceptors (Lipinski definition) is 4. The molecule has 0 fully saturated rings. The predicted molar refractivity (Wildman–Crippen MR) is 106 cm³/mol. The molecule has 142 valence electrons. The van der Waals surface area contributed by atoms with Gasteiger partial charge in [-0.25, -0.2) is 4.98 Å². The molecule has 0 aliphatic rings. The molecule has 0 atom stereocenters. The Hall–Kier alpha value is -1.82. The summed E-state index contributed by atoms with van der Waals surface area (Å²) in [6.07, 6.45) is 7.28. The van der Waals surface area contributed by atoms with E-state index in [0.717, 1.165) is 76.9 Å². The minimum Gasteiger partial charge on any atom is -0.381 e. The van der Waals surface area contributed by atoms with Crippen LogP contribution in [0.5, 0.6) is 0 Å². The summed E-state index contributed by atoms with van der Waals surface area (Å²) in [7, 11) is 0. The third kappa shape index (κ3) is 12.2. The predicted octanol–water partition coefficient (Wildman–Crippen LogP) is 3.04. The maximum absolute atomic E-state index is 5.56. The fourth-order valence-electron chi connectivity index (χ4n) is 2.19. The van der Waals surface area contributed by atoms with E-state index in [4.69, 9.17) is 4.74 Å². The van der Waals surface area contributed by atoms with Gasteiger partial charge in [-0.3, -0.25) is 4.99 Å². The Morgan fingerprint density at radius 1 is 1.04 bits per heavy atom. The van der Waals surface area contributed by atoms with E-state index in [-0.39, 0.29) is 0 Å².